The van der Waals surface area contributed by atoms with Crippen molar-refractivity contribution in [1.82, 2.24) is 15.2 Å². The summed E-state index contributed by atoms with van der Waals surface area (Å²) in [5.74, 6) is 1.72. The molecule has 1 fully saturated rings. The number of piperidine rings is 1. The largest absolute Gasteiger partial charge is 0.466 e. The summed E-state index contributed by atoms with van der Waals surface area (Å²) in [5, 5.41) is 8.13. The fourth-order valence-corrected chi connectivity index (χ4v) is 2.73. The van der Waals surface area contributed by atoms with E-state index in [9.17, 15) is 4.79 Å². The van der Waals surface area contributed by atoms with Crippen molar-refractivity contribution in [2.45, 2.75) is 26.7 Å². The Hall–Kier alpha value is -2.44. The predicted molar refractivity (Wildman–Crippen MR) is 83.8 cm³/mol. The molecule has 1 unspecified atom stereocenters. The maximum atomic E-state index is 11.9. The quantitative estimate of drug-likeness (QED) is 0.800. The van der Waals surface area contributed by atoms with Gasteiger partial charge in [0.1, 0.15) is 11.5 Å². The van der Waals surface area contributed by atoms with Crippen LogP contribution in [0.25, 0.3) is 11.5 Å². The zero-order chi connectivity index (χ0) is 16.2. The van der Waals surface area contributed by atoms with Gasteiger partial charge in [-0.15, -0.1) is 5.10 Å². The Bertz CT molecular complexity index is 685. The summed E-state index contributed by atoms with van der Waals surface area (Å²) in [5.41, 5.74) is 0.640. The lowest BCUT2D eigenvalue weighted by atomic mass is 9.98. The van der Waals surface area contributed by atoms with Crippen LogP contribution in [0, 0.1) is 12.8 Å². The number of ether oxygens (including phenoxy) is 1. The van der Waals surface area contributed by atoms with Gasteiger partial charge >= 0.3 is 5.97 Å². The molecule has 7 heteroatoms. The Labute approximate surface area is 134 Å². The highest BCUT2D eigenvalue weighted by atomic mass is 16.5. The van der Waals surface area contributed by atoms with Crippen LogP contribution in [-0.4, -0.2) is 40.8 Å². The molecule has 0 spiro atoms. The van der Waals surface area contributed by atoms with Gasteiger partial charge in [-0.1, -0.05) is 0 Å². The fourth-order valence-electron chi connectivity index (χ4n) is 2.73. The standard InChI is InChI=1S/C16H20N4O3/c1-3-22-15(21)12-5-4-8-20(10-12)16-18-13(9-17-19-16)14-7-6-11(2)23-14/h6-7,9,12H,3-5,8,10H2,1-2H3. The molecule has 0 N–H and O–H groups in total. The summed E-state index contributed by atoms with van der Waals surface area (Å²) in [6, 6.07) is 3.75. The molecular weight excluding hydrogens is 296 g/mol. The highest BCUT2D eigenvalue weighted by Gasteiger charge is 2.28. The second-order valence-electron chi connectivity index (χ2n) is 5.59. The van der Waals surface area contributed by atoms with Gasteiger partial charge in [-0.25, -0.2) is 4.98 Å². The summed E-state index contributed by atoms with van der Waals surface area (Å²) in [4.78, 5) is 18.5. The molecule has 1 saturated heterocycles. The summed E-state index contributed by atoms with van der Waals surface area (Å²) in [6.45, 7) is 5.47. The minimum Gasteiger partial charge on any atom is -0.466 e. The molecule has 0 radical (unpaired) electrons. The van der Waals surface area contributed by atoms with Gasteiger partial charge in [0.05, 0.1) is 18.7 Å². The van der Waals surface area contributed by atoms with Crippen molar-refractivity contribution in [1.29, 1.82) is 0 Å². The van der Waals surface area contributed by atoms with Crippen LogP contribution >= 0.6 is 0 Å². The molecule has 1 aliphatic rings. The van der Waals surface area contributed by atoms with Gasteiger partial charge in [-0.3, -0.25) is 4.79 Å². The first-order valence-electron chi connectivity index (χ1n) is 7.85. The number of carbonyl (C=O) groups excluding carboxylic acids is 1. The van der Waals surface area contributed by atoms with Gasteiger partial charge in [0.2, 0.25) is 5.95 Å². The molecule has 0 amide bonds. The predicted octanol–water partition coefficient (Wildman–Crippen LogP) is 2.22. The van der Waals surface area contributed by atoms with Crippen molar-refractivity contribution in [2.75, 3.05) is 24.6 Å². The lowest BCUT2D eigenvalue weighted by molar-refractivity contribution is -0.148. The minimum atomic E-state index is -0.150. The first-order valence-corrected chi connectivity index (χ1v) is 7.85. The number of aryl methyl sites for hydroxylation is 1. The molecule has 0 aliphatic carbocycles. The summed E-state index contributed by atoms with van der Waals surface area (Å²) >= 11 is 0. The van der Waals surface area contributed by atoms with E-state index in [1.807, 2.05) is 30.9 Å². The topological polar surface area (TPSA) is 81.4 Å². The third-order valence-corrected chi connectivity index (χ3v) is 3.86. The van der Waals surface area contributed by atoms with Crippen molar-refractivity contribution < 1.29 is 13.9 Å². The Morgan fingerprint density at radius 1 is 1.48 bits per heavy atom. The minimum absolute atomic E-state index is 0.137. The maximum absolute atomic E-state index is 11.9. The van der Waals surface area contributed by atoms with E-state index >= 15 is 0 Å². The van der Waals surface area contributed by atoms with E-state index in [4.69, 9.17) is 9.15 Å². The van der Waals surface area contributed by atoms with Gasteiger partial charge in [0.15, 0.2) is 5.76 Å². The number of hydrogen-bond donors (Lipinski definition) is 0. The Morgan fingerprint density at radius 3 is 3.09 bits per heavy atom. The van der Waals surface area contributed by atoms with Crippen molar-refractivity contribution in [3.05, 3.63) is 24.1 Å². The molecule has 0 saturated carbocycles. The van der Waals surface area contributed by atoms with Crippen LogP contribution in [0.4, 0.5) is 5.95 Å². The number of aromatic nitrogens is 3. The maximum Gasteiger partial charge on any atom is 0.310 e. The van der Waals surface area contributed by atoms with Gasteiger partial charge in [-0.05, 0) is 38.8 Å². The van der Waals surface area contributed by atoms with E-state index in [-0.39, 0.29) is 11.9 Å². The second kappa shape index (κ2) is 6.76. The average Bonchev–Trinajstić information content (AvgIpc) is 3.02. The van der Waals surface area contributed by atoms with Gasteiger partial charge in [0.25, 0.3) is 0 Å². The highest BCUT2D eigenvalue weighted by molar-refractivity contribution is 5.73. The van der Waals surface area contributed by atoms with E-state index in [1.54, 1.807) is 6.20 Å². The molecule has 2 aromatic heterocycles. The molecular formula is C16H20N4O3. The molecule has 2 aromatic rings. The van der Waals surface area contributed by atoms with Gasteiger partial charge in [0, 0.05) is 13.1 Å². The number of anilines is 1. The lowest BCUT2D eigenvalue weighted by Gasteiger charge is -2.31. The number of esters is 1. The van der Waals surface area contributed by atoms with Crippen molar-refractivity contribution in [3.63, 3.8) is 0 Å². The Balaban J connectivity index is 1.77. The van der Waals surface area contributed by atoms with Crippen LogP contribution in [0.15, 0.2) is 22.7 Å². The van der Waals surface area contributed by atoms with E-state index in [0.717, 1.165) is 25.1 Å². The molecule has 3 heterocycles. The Morgan fingerprint density at radius 2 is 2.35 bits per heavy atom. The number of carbonyl (C=O) groups is 1. The first kappa shape index (κ1) is 15.5. The van der Waals surface area contributed by atoms with Crippen molar-refractivity contribution >= 4 is 11.9 Å². The monoisotopic (exact) mass is 316 g/mol. The molecule has 1 atom stereocenters. The summed E-state index contributed by atoms with van der Waals surface area (Å²) < 4.78 is 10.7. The van der Waals surface area contributed by atoms with Crippen LogP contribution in [-0.2, 0) is 9.53 Å². The van der Waals surface area contributed by atoms with Crippen LogP contribution in [0.2, 0.25) is 0 Å². The SMILES string of the molecule is CCOC(=O)C1CCCN(c2nncc(-c3ccc(C)o3)n2)C1. The molecule has 122 valence electrons. The molecule has 0 aromatic carbocycles. The molecule has 1 aliphatic heterocycles. The number of nitrogens with zero attached hydrogens (tertiary/aromatic N) is 4. The van der Waals surface area contributed by atoms with Gasteiger partial charge < -0.3 is 14.1 Å². The van der Waals surface area contributed by atoms with E-state index in [1.165, 1.54) is 0 Å². The van der Waals surface area contributed by atoms with Crippen LogP contribution in [0.5, 0.6) is 0 Å². The Kier molecular flexibility index (Phi) is 4.55. The third kappa shape index (κ3) is 3.49. The van der Waals surface area contributed by atoms with Crippen LogP contribution in [0.1, 0.15) is 25.5 Å². The summed E-state index contributed by atoms with van der Waals surface area (Å²) in [7, 11) is 0. The molecule has 23 heavy (non-hydrogen) atoms. The number of furan rings is 1. The molecule has 0 bridgehead atoms. The first-order chi connectivity index (χ1) is 11.2. The highest BCUT2D eigenvalue weighted by Crippen LogP contribution is 2.24. The third-order valence-electron chi connectivity index (χ3n) is 3.86. The van der Waals surface area contributed by atoms with E-state index in [2.05, 4.69) is 15.2 Å². The van der Waals surface area contributed by atoms with Crippen LogP contribution in [0.3, 0.4) is 0 Å². The lowest BCUT2D eigenvalue weighted by Crippen LogP contribution is -2.40. The van der Waals surface area contributed by atoms with E-state index < -0.39 is 0 Å². The van der Waals surface area contributed by atoms with Crippen molar-refractivity contribution in [2.24, 2.45) is 5.92 Å². The van der Waals surface area contributed by atoms with Crippen LogP contribution < -0.4 is 4.90 Å². The van der Waals surface area contributed by atoms with Gasteiger partial charge in [-0.2, -0.15) is 5.10 Å². The molecule has 7 nitrogen and oxygen atoms in total. The fraction of sp³-hybridized carbons (Fsp3) is 0.500. The zero-order valence-corrected chi connectivity index (χ0v) is 13.4. The van der Waals surface area contributed by atoms with Crippen molar-refractivity contribution in [3.8, 4) is 11.5 Å². The normalized spacial score (nSPS) is 18.0. The number of hydrogen-bond acceptors (Lipinski definition) is 7. The van der Waals surface area contributed by atoms with E-state index in [0.29, 0.717) is 30.6 Å². The zero-order valence-electron chi connectivity index (χ0n) is 13.4. The second-order valence-corrected chi connectivity index (χ2v) is 5.59. The average molecular weight is 316 g/mol. The smallest absolute Gasteiger partial charge is 0.310 e. The summed E-state index contributed by atoms with van der Waals surface area (Å²) in [6.07, 6.45) is 3.31. The molecule has 3 rings (SSSR count). The number of rotatable bonds is 4.